The monoisotopic (exact) mass is 513 g/mol. The minimum atomic E-state index is -0.975. The number of H-pyrrole nitrogens is 1. The number of nitrogens with zero attached hydrogens (tertiary/aromatic N) is 2. The Morgan fingerprint density at radius 2 is 1.87 bits per heavy atom. The second-order valence-electron chi connectivity index (χ2n) is 8.87. The molecule has 3 N–H and O–H groups in total. The average Bonchev–Trinajstić information content (AvgIpc) is 3.44. The highest BCUT2D eigenvalue weighted by molar-refractivity contribution is 6.46. The topological polar surface area (TPSA) is 146 Å². The number of aliphatic hydroxyl groups is 1. The SMILES string of the molecule is COc1ccc2[nH]cc(CCN3C(=O)C(=O)C(=C(O)c4ccc([N+](=O)[O-])cc4)[C@@H]3c3cccc(O)c3)c2c1. The number of fused-ring (bicyclic) bond motifs is 1. The molecule has 0 spiro atoms. The molecular formula is C28H23N3O7. The third-order valence-electron chi connectivity index (χ3n) is 6.67. The van der Waals surface area contributed by atoms with Crippen LogP contribution in [0, 0.1) is 10.1 Å². The number of methoxy groups -OCH3 is 1. The molecule has 5 rings (SSSR count). The van der Waals surface area contributed by atoms with Gasteiger partial charge >= 0.3 is 0 Å². The molecule has 0 aliphatic carbocycles. The number of phenols is 1. The van der Waals surface area contributed by atoms with Crippen molar-refractivity contribution < 1.29 is 29.5 Å². The number of amides is 1. The molecule has 1 saturated heterocycles. The zero-order valence-corrected chi connectivity index (χ0v) is 20.2. The van der Waals surface area contributed by atoms with Crippen molar-refractivity contribution in [2.24, 2.45) is 0 Å². The van der Waals surface area contributed by atoms with Crippen LogP contribution < -0.4 is 4.74 Å². The molecular weight excluding hydrogens is 490 g/mol. The van der Waals surface area contributed by atoms with Crippen LogP contribution in [0.2, 0.25) is 0 Å². The number of ketones is 1. The summed E-state index contributed by atoms with van der Waals surface area (Å²) in [6, 6.07) is 15.8. The Balaban J connectivity index is 1.55. The fraction of sp³-hybridized carbons (Fsp3) is 0.143. The lowest BCUT2D eigenvalue weighted by Crippen LogP contribution is -2.31. The zero-order chi connectivity index (χ0) is 27.0. The number of non-ortho nitro benzene ring substituents is 1. The number of hydrogen-bond donors (Lipinski definition) is 3. The fourth-order valence-corrected chi connectivity index (χ4v) is 4.78. The summed E-state index contributed by atoms with van der Waals surface area (Å²) < 4.78 is 5.33. The molecule has 1 aliphatic heterocycles. The van der Waals surface area contributed by atoms with Crippen LogP contribution in [0.4, 0.5) is 5.69 Å². The Bertz CT molecular complexity index is 1600. The molecule has 0 radical (unpaired) electrons. The molecule has 1 amide bonds. The van der Waals surface area contributed by atoms with Crippen LogP contribution in [0.1, 0.15) is 22.7 Å². The number of nitro groups is 1. The van der Waals surface area contributed by atoms with E-state index >= 15 is 0 Å². The number of benzene rings is 3. The smallest absolute Gasteiger partial charge is 0.295 e. The summed E-state index contributed by atoms with van der Waals surface area (Å²) in [4.78, 5) is 41.5. The van der Waals surface area contributed by atoms with Crippen LogP contribution in [0.5, 0.6) is 11.5 Å². The number of likely N-dealkylation sites (tertiary alicyclic amines) is 1. The lowest BCUT2D eigenvalue weighted by atomic mass is 9.95. The van der Waals surface area contributed by atoms with E-state index in [2.05, 4.69) is 4.98 Å². The first kappa shape index (κ1) is 24.6. The molecule has 38 heavy (non-hydrogen) atoms. The number of aliphatic hydroxyl groups excluding tert-OH is 1. The zero-order valence-electron chi connectivity index (χ0n) is 20.2. The summed E-state index contributed by atoms with van der Waals surface area (Å²) in [5.74, 6) is -1.51. The van der Waals surface area contributed by atoms with Crippen LogP contribution in [0.15, 0.2) is 78.5 Å². The highest BCUT2D eigenvalue weighted by Crippen LogP contribution is 2.40. The van der Waals surface area contributed by atoms with Crippen molar-refractivity contribution in [3.63, 3.8) is 0 Å². The molecule has 1 fully saturated rings. The first-order valence-electron chi connectivity index (χ1n) is 11.7. The number of aromatic nitrogens is 1. The maximum absolute atomic E-state index is 13.2. The number of ether oxygens (including phenoxy) is 1. The molecule has 10 heteroatoms. The minimum absolute atomic E-state index is 0.0628. The highest BCUT2D eigenvalue weighted by atomic mass is 16.6. The van der Waals surface area contributed by atoms with Crippen LogP contribution in [-0.2, 0) is 16.0 Å². The Morgan fingerprint density at radius 3 is 2.55 bits per heavy atom. The molecule has 10 nitrogen and oxygen atoms in total. The number of rotatable bonds is 7. The van der Waals surface area contributed by atoms with Crippen LogP contribution in [-0.4, -0.2) is 50.4 Å². The van der Waals surface area contributed by atoms with Gasteiger partial charge in [-0.1, -0.05) is 12.1 Å². The highest BCUT2D eigenvalue weighted by Gasteiger charge is 2.46. The maximum atomic E-state index is 13.2. The summed E-state index contributed by atoms with van der Waals surface area (Å²) in [6.07, 6.45) is 2.23. The third-order valence-corrected chi connectivity index (χ3v) is 6.67. The first-order valence-corrected chi connectivity index (χ1v) is 11.7. The van der Waals surface area contributed by atoms with Gasteiger partial charge in [-0.15, -0.1) is 0 Å². The Labute approximate surface area is 216 Å². The lowest BCUT2D eigenvalue weighted by molar-refractivity contribution is -0.384. The van der Waals surface area contributed by atoms with E-state index < -0.39 is 28.4 Å². The minimum Gasteiger partial charge on any atom is -0.508 e. The van der Waals surface area contributed by atoms with E-state index in [1.807, 2.05) is 24.4 Å². The van der Waals surface area contributed by atoms with Crippen molar-refractivity contribution >= 4 is 34.0 Å². The summed E-state index contributed by atoms with van der Waals surface area (Å²) in [7, 11) is 1.58. The molecule has 192 valence electrons. The van der Waals surface area contributed by atoms with Crippen LogP contribution in [0.3, 0.4) is 0 Å². The van der Waals surface area contributed by atoms with Gasteiger partial charge in [-0.3, -0.25) is 19.7 Å². The fourth-order valence-electron chi connectivity index (χ4n) is 4.78. The molecule has 0 bridgehead atoms. The van der Waals surface area contributed by atoms with Gasteiger partial charge in [0.15, 0.2) is 0 Å². The van der Waals surface area contributed by atoms with Crippen molar-refractivity contribution in [1.29, 1.82) is 0 Å². The number of phenolic OH excluding ortho intramolecular Hbond substituents is 1. The number of carbonyl (C=O) groups is 2. The predicted molar refractivity (Wildman–Crippen MR) is 139 cm³/mol. The molecule has 1 aromatic heterocycles. The number of nitro benzene ring substituents is 1. The summed E-state index contributed by atoms with van der Waals surface area (Å²) in [6.45, 7) is 0.145. The summed E-state index contributed by atoms with van der Waals surface area (Å²) in [5, 5.41) is 33.2. The first-order chi connectivity index (χ1) is 18.3. The predicted octanol–water partition coefficient (Wildman–Crippen LogP) is 4.45. The Hall–Kier alpha value is -5.12. The van der Waals surface area contributed by atoms with E-state index in [1.54, 1.807) is 19.2 Å². The number of hydrogen-bond acceptors (Lipinski definition) is 7. The van der Waals surface area contributed by atoms with Gasteiger partial charge in [0.2, 0.25) is 0 Å². The lowest BCUT2D eigenvalue weighted by Gasteiger charge is -2.25. The van der Waals surface area contributed by atoms with Gasteiger partial charge in [0.1, 0.15) is 17.3 Å². The molecule has 0 unspecified atom stereocenters. The molecule has 1 atom stereocenters. The average molecular weight is 514 g/mol. The van der Waals surface area contributed by atoms with Gasteiger partial charge in [-0.25, -0.2) is 0 Å². The van der Waals surface area contributed by atoms with Crippen molar-refractivity contribution in [2.75, 3.05) is 13.7 Å². The van der Waals surface area contributed by atoms with Gasteiger partial charge in [0.25, 0.3) is 17.4 Å². The standard InChI is InChI=1S/C28H23N3O7/c1-38-21-9-10-23-22(14-21)18(15-29-23)11-12-30-25(17-3-2-4-20(32)13-17)24(27(34)28(30)35)26(33)16-5-7-19(8-6-16)31(36)37/h2-10,13-15,25,29,32-33H,11-12H2,1H3/t25-/m0/s1. The normalized spacial score (nSPS) is 16.8. The maximum Gasteiger partial charge on any atom is 0.295 e. The Kier molecular flexibility index (Phi) is 6.29. The molecule has 0 saturated carbocycles. The molecule has 4 aromatic rings. The van der Waals surface area contributed by atoms with Crippen molar-refractivity contribution in [3.8, 4) is 11.5 Å². The second-order valence-corrected chi connectivity index (χ2v) is 8.87. The van der Waals surface area contributed by atoms with Gasteiger partial charge in [-0.2, -0.15) is 0 Å². The molecule has 3 aromatic carbocycles. The van der Waals surface area contributed by atoms with E-state index in [4.69, 9.17) is 4.74 Å². The number of aromatic hydroxyl groups is 1. The number of nitrogens with one attached hydrogen (secondary N) is 1. The van der Waals surface area contributed by atoms with E-state index in [0.29, 0.717) is 17.7 Å². The van der Waals surface area contributed by atoms with E-state index in [-0.39, 0.29) is 29.1 Å². The second kappa shape index (κ2) is 9.74. The summed E-state index contributed by atoms with van der Waals surface area (Å²) >= 11 is 0. The molecule has 2 heterocycles. The third kappa shape index (κ3) is 4.32. The quantitative estimate of drug-likeness (QED) is 0.109. The van der Waals surface area contributed by atoms with E-state index in [9.17, 15) is 29.9 Å². The van der Waals surface area contributed by atoms with Gasteiger partial charge in [-0.05, 0) is 60.0 Å². The van der Waals surface area contributed by atoms with Crippen LogP contribution >= 0.6 is 0 Å². The van der Waals surface area contributed by atoms with Crippen molar-refractivity contribution in [2.45, 2.75) is 12.5 Å². The number of Topliss-reactive ketones (excluding diaryl/α,β-unsaturated/α-hetero) is 1. The molecule has 1 aliphatic rings. The number of carbonyl (C=O) groups excluding carboxylic acids is 2. The van der Waals surface area contributed by atoms with Gasteiger partial charge < -0.3 is 24.8 Å². The van der Waals surface area contributed by atoms with Crippen molar-refractivity contribution in [1.82, 2.24) is 9.88 Å². The van der Waals surface area contributed by atoms with Crippen LogP contribution in [0.25, 0.3) is 16.7 Å². The van der Waals surface area contributed by atoms with Gasteiger partial charge in [0, 0.05) is 41.3 Å². The van der Waals surface area contributed by atoms with E-state index in [0.717, 1.165) is 16.5 Å². The number of aromatic amines is 1. The largest absolute Gasteiger partial charge is 0.508 e. The van der Waals surface area contributed by atoms with Gasteiger partial charge in [0.05, 0.1) is 23.6 Å². The summed E-state index contributed by atoms with van der Waals surface area (Å²) in [5.41, 5.74) is 2.06. The van der Waals surface area contributed by atoms with Crippen molar-refractivity contribution in [3.05, 3.63) is 105 Å². The van der Waals surface area contributed by atoms with E-state index in [1.165, 1.54) is 41.3 Å². The Morgan fingerprint density at radius 1 is 1.11 bits per heavy atom.